The first-order valence-electron chi connectivity index (χ1n) is 6.67. The molecule has 6 heteroatoms. The second-order valence-electron chi connectivity index (χ2n) is 5.18. The minimum Gasteiger partial charge on any atom is -0.348 e. The third-order valence-corrected chi connectivity index (χ3v) is 3.51. The average molecular weight is 264 g/mol. The topological polar surface area (TPSA) is 78.1 Å². The first-order valence-corrected chi connectivity index (χ1v) is 6.67. The van der Waals surface area contributed by atoms with Crippen molar-refractivity contribution >= 4 is 5.91 Å². The van der Waals surface area contributed by atoms with Gasteiger partial charge in [-0.05, 0) is 32.8 Å². The molecule has 1 aliphatic heterocycles. The predicted molar refractivity (Wildman–Crippen MR) is 72.1 cm³/mol. The molecule has 2 rings (SSSR count). The monoisotopic (exact) mass is 264 g/mol. The molecule has 2 heterocycles. The van der Waals surface area contributed by atoms with E-state index in [1.807, 2.05) is 0 Å². The van der Waals surface area contributed by atoms with Crippen molar-refractivity contribution in [3.8, 4) is 0 Å². The minimum atomic E-state index is -0.304. The van der Waals surface area contributed by atoms with E-state index in [-0.39, 0.29) is 23.2 Å². The number of H-pyrrole nitrogens is 1. The fourth-order valence-electron chi connectivity index (χ4n) is 2.29. The summed E-state index contributed by atoms with van der Waals surface area (Å²) in [7, 11) is 0. The Morgan fingerprint density at radius 3 is 2.63 bits per heavy atom. The number of piperidine rings is 1. The van der Waals surface area contributed by atoms with Gasteiger partial charge in [0, 0.05) is 31.2 Å². The Hall–Kier alpha value is -1.69. The molecule has 1 fully saturated rings. The van der Waals surface area contributed by atoms with Gasteiger partial charge in [-0.25, -0.2) is 5.10 Å². The third kappa shape index (κ3) is 3.64. The van der Waals surface area contributed by atoms with Crippen molar-refractivity contribution < 1.29 is 4.79 Å². The molecule has 0 atom stereocenters. The highest BCUT2D eigenvalue weighted by Gasteiger charge is 2.22. The van der Waals surface area contributed by atoms with E-state index < -0.39 is 0 Å². The number of hydrogen-bond acceptors (Lipinski definition) is 4. The number of likely N-dealkylation sites (tertiary alicyclic amines) is 1. The van der Waals surface area contributed by atoms with Crippen LogP contribution in [0.1, 0.15) is 37.2 Å². The van der Waals surface area contributed by atoms with Crippen molar-refractivity contribution in [2.75, 3.05) is 13.1 Å². The molecule has 0 radical (unpaired) electrons. The fourth-order valence-corrected chi connectivity index (χ4v) is 2.29. The molecule has 0 saturated carbocycles. The van der Waals surface area contributed by atoms with E-state index in [1.54, 1.807) is 0 Å². The van der Waals surface area contributed by atoms with E-state index in [1.165, 1.54) is 12.1 Å². The van der Waals surface area contributed by atoms with Crippen molar-refractivity contribution in [2.45, 2.75) is 38.8 Å². The Morgan fingerprint density at radius 1 is 1.42 bits per heavy atom. The Kier molecular flexibility index (Phi) is 4.31. The van der Waals surface area contributed by atoms with E-state index in [0.29, 0.717) is 6.04 Å². The van der Waals surface area contributed by atoms with Crippen LogP contribution in [-0.2, 0) is 0 Å². The summed E-state index contributed by atoms with van der Waals surface area (Å²) in [4.78, 5) is 25.2. The molecule has 0 bridgehead atoms. The number of hydrogen-bond donors (Lipinski definition) is 2. The second kappa shape index (κ2) is 5.97. The van der Waals surface area contributed by atoms with Gasteiger partial charge in [0.2, 0.25) is 0 Å². The van der Waals surface area contributed by atoms with Crippen LogP contribution >= 0.6 is 0 Å². The molecule has 104 valence electrons. The van der Waals surface area contributed by atoms with E-state index in [2.05, 4.69) is 34.3 Å². The van der Waals surface area contributed by atoms with Crippen LogP contribution in [0.15, 0.2) is 16.9 Å². The van der Waals surface area contributed by atoms with E-state index in [0.717, 1.165) is 25.9 Å². The maximum atomic E-state index is 11.9. The minimum absolute atomic E-state index is 0.191. The molecule has 0 aromatic carbocycles. The van der Waals surface area contributed by atoms with E-state index in [4.69, 9.17) is 0 Å². The number of nitrogens with one attached hydrogen (secondary N) is 2. The van der Waals surface area contributed by atoms with Crippen LogP contribution in [-0.4, -0.2) is 46.2 Å². The number of carbonyl (C=O) groups is 1. The normalized spacial score (nSPS) is 17.6. The summed E-state index contributed by atoms with van der Waals surface area (Å²) in [6, 6.07) is 3.49. The molecule has 2 N–H and O–H groups in total. The zero-order chi connectivity index (χ0) is 13.8. The largest absolute Gasteiger partial charge is 0.348 e. The Bertz CT molecular complexity index is 469. The molecular weight excluding hydrogens is 244 g/mol. The molecule has 1 aromatic rings. The van der Waals surface area contributed by atoms with E-state index >= 15 is 0 Å². The first-order chi connectivity index (χ1) is 9.06. The van der Waals surface area contributed by atoms with Crippen molar-refractivity contribution in [2.24, 2.45) is 0 Å². The quantitative estimate of drug-likeness (QED) is 0.827. The van der Waals surface area contributed by atoms with Crippen LogP contribution < -0.4 is 10.9 Å². The fraction of sp³-hybridized carbons (Fsp3) is 0.615. The SMILES string of the molecule is CC(C)N1CCC(NC(=O)c2ccc(=O)[nH]n2)CC1. The van der Waals surface area contributed by atoms with Gasteiger partial charge in [-0.15, -0.1) is 0 Å². The molecule has 6 nitrogen and oxygen atoms in total. The average Bonchev–Trinajstić information content (AvgIpc) is 2.40. The summed E-state index contributed by atoms with van der Waals surface area (Å²) >= 11 is 0. The molecule has 19 heavy (non-hydrogen) atoms. The summed E-state index contributed by atoms with van der Waals surface area (Å²) in [5.41, 5.74) is -0.0484. The zero-order valence-electron chi connectivity index (χ0n) is 11.3. The lowest BCUT2D eigenvalue weighted by atomic mass is 10.0. The van der Waals surface area contributed by atoms with Crippen molar-refractivity contribution in [1.29, 1.82) is 0 Å². The number of amides is 1. The summed E-state index contributed by atoms with van der Waals surface area (Å²) in [6.07, 6.45) is 1.90. The molecule has 1 amide bonds. The molecule has 1 aliphatic rings. The Morgan fingerprint density at radius 2 is 2.11 bits per heavy atom. The van der Waals surface area contributed by atoms with Crippen LogP contribution in [0.4, 0.5) is 0 Å². The summed E-state index contributed by atoms with van der Waals surface area (Å²) in [5, 5.41) is 8.96. The second-order valence-corrected chi connectivity index (χ2v) is 5.18. The van der Waals surface area contributed by atoms with Crippen LogP contribution in [0.5, 0.6) is 0 Å². The highest BCUT2D eigenvalue weighted by Crippen LogP contribution is 2.13. The zero-order valence-corrected chi connectivity index (χ0v) is 11.3. The van der Waals surface area contributed by atoms with Gasteiger partial charge < -0.3 is 10.2 Å². The highest BCUT2D eigenvalue weighted by molar-refractivity contribution is 5.92. The van der Waals surface area contributed by atoms with Crippen LogP contribution in [0, 0.1) is 0 Å². The van der Waals surface area contributed by atoms with Gasteiger partial charge in [0.05, 0.1) is 0 Å². The molecule has 0 unspecified atom stereocenters. The summed E-state index contributed by atoms with van der Waals surface area (Å²) < 4.78 is 0. The van der Waals surface area contributed by atoms with Crippen molar-refractivity contribution in [3.05, 3.63) is 28.2 Å². The van der Waals surface area contributed by atoms with Crippen LogP contribution in [0.3, 0.4) is 0 Å². The standard InChI is InChI=1S/C13H20N4O2/c1-9(2)17-7-5-10(6-8-17)14-13(19)11-3-4-12(18)16-15-11/h3-4,9-10H,5-8H2,1-2H3,(H,14,19)(H,16,18). The van der Waals surface area contributed by atoms with Crippen LogP contribution in [0.2, 0.25) is 0 Å². The predicted octanol–water partition coefficient (Wildman–Crippen LogP) is 0.372. The summed E-state index contributed by atoms with van der Waals surface area (Å²) in [6.45, 7) is 6.37. The lowest BCUT2D eigenvalue weighted by molar-refractivity contribution is 0.0894. The van der Waals surface area contributed by atoms with Crippen molar-refractivity contribution in [1.82, 2.24) is 20.4 Å². The van der Waals surface area contributed by atoms with Crippen LogP contribution in [0.25, 0.3) is 0 Å². The number of aromatic amines is 1. The number of nitrogens with zero attached hydrogens (tertiary/aromatic N) is 2. The highest BCUT2D eigenvalue weighted by atomic mass is 16.2. The van der Waals surface area contributed by atoms with Crippen molar-refractivity contribution in [3.63, 3.8) is 0 Å². The molecule has 1 aromatic heterocycles. The Balaban J connectivity index is 1.87. The maximum Gasteiger partial charge on any atom is 0.271 e. The third-order valence-electron chi connectivity index (χ3n) is 3.51. The number of rotatable bonds is 3. The Labute approximate surface area is 112 Å². The van der Waals surface area contributed by atoms with Gasteiger partial charge in [0.25, 0.3) is 11.5 Å². The van der Waals surface area contributed by atoms with Gasteiger partial charge in [-0.2, -0.15) is 5.10 Å². The number of aromatic nitrogens is 2. The molecule has 0 spiro atoms. The number of carbonyl (C=O) groups excluding carboxylic acids is 1. The lowest BCUT2D eigenvalue weighted by Crippen LogP contribution is -2.46. The smallest absolute Gasteiger partial charge is 0.271 e. The van der Waals surface area contributed by atoms with Gasteiger partial charge in [0.1, 0.15) is 5.69 Å². The summed E-state index contributed by atoms with van der Waals surface area (Å²) in [5.74, 6) is -0.223. The van der Waals surface area contributed by atoms with Gasteiger partial charge >= 0.3 is 0 Å². The van der Waals surface area contributed by atoms with Gasteiger partial charge in [-0.3, -0.25) is 9.59 Å². The van der Waals surface area contributed by atoms with Gasteiger partial charge in [-0.1, -0.05) is 0 Å². The molecule has 0 aliphatic carbocycles. The molecular formula is C13H20N4O2. The van der Waals surface area contributed by atoms with Gasteiger partial charge in [0.15, 0.2) is 0 Å². The van der Waals surface area contributed by atoms with E-state index in [9.17, 15) is 9.59 Å². The first kappa shape index (κ1) is 13.7. The maximum absolute atomic E-state index is 11.9. The lowest BCUT2D eigenvalue weighted by Gasteiger charge is -2.34. The molecule has 1 saturated heterocycles.